The Hall–Kier alpha value is -1.82. The van der Waals surface area contributed by atoms with Gasteiger partial charge in [-0.3, -0.25) is 0 Å². The van der Waals surface area contributed by atoms with Gasteiger partial charge in [-0.25, -0.2) is 9.78 Å². The number of amides is 2. The molecule has 0 saturated carbocycles. The van der Waals surface area contributed by atoms with Gasteiger partial charge in [0.2, 0.25) is 0 Å². The number of carbonyl (C=O) groups excluding carboxylic acids is 1. The smallest absolute Gasteiger partial charge is 0.319 e. The number of urea groups is 1. The Bertz CT molecular complexity index is 429. The number of rotatable bonds is 4. The first kappa shape index (κ1) is 14.6. The molecule has 0 radical (unpaired) electrons. The summed E-state index contributed by atoms with van der Waals surface area (Å²) in [5.41, 5.74) is 0.697. The molecule has 110 valence electrons. The summed E-state index contributed by atoms with van der Waals surface area (Å²) in [5, 5.41) is 5.63. The topological polar surface area (TPSA) is 66.5 Å². The molecule has 1 fully saturated rings. The zero-order chi connectivity index (χ0) is 14.4. The van der Waals surface area contributed by atoms with Crippen LogP contribution in [0, 0.1) is 0 Å². The van der Waals surface area contributed by atoms with Gasteiger partial charge in [-0.2, -0.15) is 0 Å². The largest absolute Gasteiger partial charge is 0.378 e. The second-order valence-electron chi connectivity index (χ2n) is 4.91. The molecule has 1 aliphatic rings. The molecule has 1 aliphatic heterocycles. The Morgan fingerprint density at radius 1 is 1.45 bits per heavy atom. The molecule has 1 atom stereocenters. The zero-order valence-corrected chi connectivity index (χ0v) is 12.1. The fourth-order valence-corrected chi connectivity index (χ4v) is 1.93. The SMILES string of the molecule is CCC(C)NC(=O)Nc1ccc(N2CCOCC2)nc1. The summed E-state index contributed by atoms with van der Waals surface area (Å²) in [4.78, 5) is 18.2. The second-order valence-corrected chi connectivity index (χ2v) is 4.91. The molecule has 20 heavy (non-hydrogen) atoms. The van der Waals surface area contributed by atoms with Crippen LogP contribution >= 0.6 is 0 Å². The molecule has 6 heteroatoms. The average Bonchev–Trinajstić information content (AvgIpc) is 2.48. The number of hydrogen-bond acceptors (Lipinski definition) is 4. The van der Waals surface area contributed by atoms with Crippen LogP contribution in [0.25, 0.3) is 0 Å². The molecule has 0 bridgehead atoms. The van der Waals surface area contributed by atoms with E-state index in [4.69, 9.17) is 4.74 Å². The molecule has 0 spiro atoms. The Labute approximate surface area is 119 Å². The molecule has 1 saturated heterocycles. The molecular formula is C14H22N4O2. The summed E-state index contributed by atoms with van der Waals surface area (Å²) >= 11 is 0. The Morgan fingerprint density at radius 2 is 2.20 bits per heavy atom. The van der Waals surface area contributed by atoms with E-state index in [2.05, 4.69) is 20.5 Å². The van der Waals surface area contributed by atoms with Crippen LogP contribution in [0.4, 0.5) is 16.3 Å². The normalized spacial score (nSPS) is 16.6. The average molecular weight is 278 g/mol. The standard InChI is InChI=1S/C14H22N4O2/c1-3-11(2)16-14(19)17-12-4-5-13(15-10-12)18-6-8-20-9-7-18/h4-5,10-11H,3,6-9H2,1-2H3,(H2,16,17,19). The molecule has 6 nitrogen and oxygen atoms in total. The number of nitrogens with zero attached hydrogens (tertiary/aromatic N) is 2. The number of hydrogen-bond donors (Lipinski definition) is 2. The minimum absolute atomic E-state index is 0.163. The highest BCUT2D eigenvalue weighted by atomic mass is 16.5. The fraction of sp³-hybridized carbons (Fsp3) is 0.571. The van der Waals surface area contributed by atoms with Crippen LogP contribution in [0.5, 0.6) is 0 Å². The van der Waals surface area contributed by atoms with E-state index in [9.17, 15) is 4.79 Å². The van der Waals surface area contributed by atoms with Crippen LogP contribution in [-0.4, -0.2) is 43.4 Å². The van der Waals surface area contributed by atoms with Crippen molar-refractivity contribution in [1.82, 2.24) is 10.3 Å². The first-order valence-corrected chi connectivity index (χ1v) is 7.05. The van der Waals surface area contributed by atoms with E-state index in [0.29, 0.717) is 5.69 Å². The van der Waals surface area contributed by atoms with Crippen LogP contribution in [0.3, 0.4) is 0 Å². The van der Waals surface area contributed by atoms with Crippen LogP contribution < -0.4 is 15.5 Å². The van der Waals surface area contributed by atoms with Gasteiger partial charge in [0.25, 0.3) is 0 Å². The quantitative estimate of drug-likeness (QED) is 0.882. The number of pyridine rings is 1. The third-order valence-corrected chi connectivity index (χ3v) is 3.33. The molecule has 0 aromatic carbocycles. The van der Waals surface area contributed by atoms with Crippen molar-refractivity contribution < 1.29 is 9.53 Å². The van der Waals surface area contributed by atoms with E-state index >= 15 is 0 Å². The first-order chi connectivity index (χ1) is 9.69. The fourth-order valence-electron chi connectivity index (χ4n) is 1.93. The van der Waals surface area contributed by atoms with Crippen molar-refractivity contribution in [3.05, 3.63) is 18.3 Å². The predicted octanol–water partition coefficient (Wildman–Crippen LogP) is 1.84. The zero-order valence-electron chi connectivity index (χ0n) is 12.1. The monoisotopic (exact) mass is 278 g/mol. The minimum Gasteiger partial charge on any atom is -0.378 e. The van der Waals surface area contributed by atoms with Gasteiger partial charge in [0.1, 0.15) is 5.82 Å². The van der Waals surface area contributed by atoms with Gasteiger partial charge in [-0.05, 0) is 25.5 Å². The lowest BCUT2D eigenvalue weighted by atomic mass is 10.3. The maximum Gasteiger partial charge on any atom is 0.319 e. The summed E-state index contributed by atoms with van der Waals surface area (Å²) in [7, 11) is 0. The highest BCUT2D eigenvalue weighted by Gasteiger charge is 2.12. The molecule has 2 heterocycles. The molecule has 2 rings (SSSR count). The predicted molar refractivity (Wildman–Crippen MR) is 79.2 cm³/mol. The van der Waals surface area contributed by atoms with Crippen molar-refractivity contribution in [3.63, 3.8) is 0 Å². The molecule has 2 amide bonds. The van der Waals surface area contributed by atoms with Crippen molar-refractivity contribution >= 4 is 17.5 Å². The first-order valence-electron chi connectivity index (χ1n) is 7.05. The lowest BCUT2D eigenvalue weighted by Gasteiger charge is -2.27. The van der Waals surface area contributed by atoms with E-state index in [1.807, 2.05) is 26.0 Å². The van der Waals surface area contributed by atoms with E-state index in [0.717, 1.165) is 38.5 Å². The number of aromatic nitrogens is 1. The summed E-state index contributed by atoms with van der Waals surface area (Å²) in [6.07, 6.45) is 2.59. The van der Waals surface area contributed by atoms with Gasteiger partial charge in [-0.1, -0.05) is 6.92 Å². The molecule has 1 unspecified atom stereocenters. The maximum atomic E-state index is 11.7. The number of carbonyl (C=O) groups is 1. The summed E-state index contributed by atoms with van der Waals surface area (Å²) < 4.78 is 5.31. The number of nitrogens with one attached hydrogen (secondary N) is 2. The third-order valence-electron chi connectivity index (χ3n) is 3.33. The number of morpholine rings is 1. The number of anilines is 2. The molecule has 1 aromatic heterocycles. The Morgan fingerprint density at radius 3 is 2.80 bits per heavy atom. The van der Waals surface area contributed by atoms with Crippen molar-refractivity contribution in [2.75, 3.05) is 36.5 Å². The molecular weight excluding hydrogens is 256 g/mol. The Kier molecular flexibility index (Phi) is 5.17. The van der Waals surface area contributed by atoms with Crippen molar-refractivity contribution in [1.29, 1.82) is 0 Å². The van der Waals surface area contributed by atoms with Gasteiger partial charge < -0.3 is 20.3 Å². The molecule has 2 N–H and O–H groups in total. The lowest BCUT2D eigenvalue weighted by Crippen LogP contribution is -2.37. The van der Waals surface area contributed by atoms with Crippen molar-refractivity contribution in [2.45, 2.75) is 26.3 Å². The van der Waals surface area contributed by atoms with Gasteiger partial charge in [0.15, 0.2) is 0 Å². The second kappa shape index (κ2) is 7.09. The number of ether oxygens (including phenoxy) is 1. The van der Waals surface area contributed by atoms with E-state index in [-0.39, 0.29) is 12.1 Å². The molecule has 1 aromatic rings. The highest BCUT2D eigenvalue weighted by Crippen LogP contribution is 2.15. The van der Waals surface area contributed by atoms with Crippen molar-refractivity contribution in [2.24, 2.45) is 0 Å². The van der Waals surface area contributed by atoms with Crippen LogP contribution in [0.2, 0.25) is 0 Å². The van der Waals surface area contributed by atoms with Gasteiger partial charge in [0.05, 0.1) is 25.1 Å². The van der Waals surface area contributed by atoms with Crippen LogP contribution in [0.15, 0.2) is 18.3 Å². The minimum atomic E-state index is -0.194. The van der Waals surface area contributed by atoms with E-state index in [1.165, 1.54) is 0 Å². The third kappa shape index (κ3) is 4.09. The maximum absolute atomic E-state index is 11.7. The summed E-state index contributed by atoms with van der Waals surface area (Å²) in [5.74, 6) is 0.918. The van der Waals surface area contributed by atoms with Gasteiger partial charge >= 0.3 is 6.03 Å². The highest BCUT2D eigenvalue weighted by molar-refractivity contribution is 5.89. The van der Waals surface area contributed by atoms with Crippen LogP contribution in [-0.2, 0) is 4.74 Å². The van der Waals surface area contributed by atoms with Crippen molar-refractivity contribution in [3.8, 4) is 0 Å². The molecule has 0 aliphatic carbocycles. The Balaban J connectivity index is 1.89. The lowest BCUT2D eigenvalue weighted by molar-refractivity contribution is 0.122. The van der Waals surface area contributed by atoms with E-state index < -0.39 is 0 Å². The van der Waals surface area contributed by atoms with E-state index in [1.54, 1.807) is 6.20 Å². The van der Waals surface area contributed by atoms with Gasteiger partial charge in [-0.15, -0.1) is 0 Å². The summed E-state index contributed by atoms with van der Waals surface area (Å²) in [6.45, 7) is 7.18. The van der Waals surface area contributed by atoms with Crippen LogP contribution in [0.1, 0.15) is 20.3 Å². The summed E-state index contributed by atoms with van der Waals surface area (Å²) in [6, 6.07) is 3.76. The van der Waals surface area contributed by atoms with Gasteiger partial charge in [0, 0.05) is 19.1 Å².